The number of ether oxygens (including phenoxy) is 2. The van der Waals surface area contributed by atoms with Crippen molar-refractivity contribution in [2.24, 2.45) is 0 Å². The summed E-state index contributed by atoms with van der Waals surface area (Å²) in [4.78, 5) is 4.18. The van der Waals surface area contributed by atoms with Crippen LogP contribution in [-0.4, -0.2) is 32.0 Å². The maximum Gasteiger partial charge on any atom is 0.169 e. The number of aromatic nitrogens is 1. The molecule has 0 bridgehead atoms. The van der Waals surface area contributed by atoms with Gasteiger partial charge < -0.3 is 14.8 Å². The smallest absolute Gasteiger partial charge is 0.169 e. The molecule has 0 aliphatic carbocycles. The van der Waals surface area contributed by atoms with Crippen LogP contribution in [0.3, 0.4) is 0 Å². The minimum atomic E-state index is -0.196. The minimum Gasteiger partial charge on any atom is -0.355 e. The third kappa shape index (κ3) is 3.83. The lowest BCUT2D eigenvalue weighted by Crippen LogP contribution is -2.29. The molecule has 1 rings (SSSR count). The van der Waals surface area contributed by atoms with Crippen LogP contribution in [0.1, 0.15) is 5.69 Å². The van der Waals surface area contributed by atoms with E-state index in [0.29, 0.717) is 6.54 Å². The van der Waals surface area contributed by atoms with E-state index >= 15 is 0 Å². The van der Waals surface area contributed by atoms with Crippen molar-refractivity contribution in [3.8, 4) is 0 Å². The average Bonchev–Trinajstić information content (AvgIpc) is 2.26. The zero-order valence-corrected chi connectivity index (χ0v) is 8.56. The van der Waals surface area contributed by atoms with Gasteiger partial charge in [-0.1, -0.05) is 6.07 Å². The van der Waals surface area contributed by atoms with Crippen LogP contribution >= 0.6 is 0 Å². The van der Waals surface area contributed by atoms with Crippen molar-refractivity contribution in [2.75, 3.05) is 20.8 Å². The first-order chi connectivity index (χ1) is 6.86. The molecule has 0 aliphatic heterocycles. The van der Waals surface area contributed by atoms with Gasteiger partial charge >= 0.3 is 0 Å². The summed E-state index contributed by atoms with van der Waals surface area (Å²) in [6, 6.07) is 5.84. The molecule has 14 heavy (non-hydrogen) atoms. The van der Waals surface area contributed by atoms with E-state index < -0.39 is 0 Å². The standard InChI is InChI=1S/C10H16N2O2/c1-13-10(14-2)8-11-7-9-5-3-4-6-12-9/h3-6,10-11H,7-8H2,1-2H3. The molecule has 1 aromatic heterocycles. The van der Waals surface area contributed by atoms with E-state index in [-0.39, 0.29) is 6.29 Å². The van der Waals surface area contributed by atoms with E-state index in [4.69, 9.17) is 9.47 Å². The molecule has 1 aromatic rings. The summed E-state index contributed by atoms with van der Waals surface area (Å²) in [5.74, 6) is 0. The predicted molar refractivity (Wildman–Crippen MR) is 53.7 cm³/mol. The molecule has 0 atom stereocenters. The molecule has 0 saturated carbocycles. The van der Waals surface area contributed by atoms with Gasteiger partial charge in [-0.3, -0.25) is 4.98 Å². The monoisotopic (exact) mass is 196 g/mol. The molecule has 1 N–H and O–H groups in total. The van der Waals surface area contributed by atoms with E-state index in [2.05, 4.69) is 10.3 Å². The first-order valence-electron chi connectivity index (χ1n) is 4.53. The Bertz CT molecular complexity index is 237. The van der Waals surface area contributed by atoms with Gasteiger partial charge in [-0.25, -0.2) is 0 Å². The zero-order valence-electron chi connectivity index (χ0n) is 8.56. The first kappa shape index (κ1) is 11.1. The van der Waals surface area contributed by atoms with Crippen molar-refractivity contribution < 1.29 is 9.47 Å². The highest BCUT2D eigenvalue weighted by Crippen LogP contribution is 1.93. The Balaban J connectivity index is 2.21. The summed E-state index contributed by atoms with van der Waals surface area (Å²) in [5.41, 5.74) is 1.01. The van der Waals surface area contributed by atoms with Gasteiger partial charge in [-0.2, -0.15) is 0 Å². The van der Waals surface area contributed by atoms with Gasteiger partial charge in [0.2, 0.25) is 0 Å². The molecule has 0 unspecified atom stereocenters. The Labute approximate surface area is 84.3 Å². The molecule has 78 valence electrons. The van der Waals surface area contributed by atoms with Crippen molar-refractivity contribution in [3.63, 3.8) is 0 Å². The molecule has 0 aromatic carbocycles. The summed E-state index contributed by atoms with van der Waals surface area (Å²) in [6.07, 6.45) is 1.58. The summed E-state index contributed by atoms with van der Waals surface area (Å²) in [7, 11) is 3.24. The Kier molecular flexibility index (Phi) is 5.14. The Morgan fingerprint density at radius 3 is 2.71 bits per heavy atom. The molecule has 0 radical (unpaired) electrons. The highest BCUT2D eigenvalue weighted by Gasteiger charge is 2.03. The maximum absolute atomic E-state index is 5.03. The van der Waals surface area contributed by atoms with Crippen LogP contribution in [0.25, 0.3) is 0 Å². The number of nitrogens with one attached hydrogen (secondary N) is 1. The van der Waals surface area contributed by atoms with Crippen LogP contribution in [0.15, 0.2) is 24.4 Å². The maximum atomic E-state index is 5.03. The summed E-state index contributed by atoms with van der Waals surface area (Å²) in [5, 5.41) is 3.19. The second-order valence-electron chi connectivity index (χ2n) is 2.85. The number of methoxy groups -OCH3 is 2. The van der Waals surface area contributed by atoms with Crippen LogP contribution in [0, 0.1) is 0 Å². The minimum absolute atomic E-state index is 0.196. The summed E-state index contributed by atoms with van der Waals surface area (Å²) < 4.78 is 10.1. The number of nitrogens with zero attached hydrogens (tertiary/aromatic N) is 1. The highest BCUT2D eigenvalue weighted by atomic mass is 16.7. The second kappa shape index (κ2) is 6.48. The van der Waals surface area contributed by atoms with Crippen LogP contribution in [0.5, 0.6) is 0 Å². The van der Waals surface area contributed by atoms with E-state index in [1.807, 2.05) is 18.2 Å². The Morgan fingerprint density at radius 1 is 1.36 bits per heavy atom. The van der Waals surface area contributed by atoms with Crippen LogP contribution in [0.4, 0.5) is 0 Å². The van der Waals surface area contributed by atoms with Crippen molar-refractivity contribution in [1.82, 2.24) is 10.3 Å². The van der Waals surface area contributed by atoms with Crippen molar-refractivity contribution in [3.05, 3.63) is 30.1 Å². The molecule has 0 aliphatic rings. The van der Waals surface area contributed by atoms with Crippen molar-refractivity contribution >= 4 is 0 Å². The fourth-order valence-electron chi connectivity index (χ4n) is 1.08. The molecule has 0 fully saturated rings. The number of rotatable bonds is 6. The highest BCUT2D eigenvalue weighted by molar-refractivity contribution is 5.02. The van der Waals surface area contributed by atoms with Gasteiger partial charge in [0.1, 0.15) is 0 Å². The lowest BCUT2D eigenvalue weighted by molar-refractivity contribution is -0.0989. The Hall–Kier alpha value is -0.970. The van der Waals surface area contributed by atoms with Gasteiger partial charge in [0.05, 0.1) is 5.69 Å². The lowest BCUT2D eigenvalue weighted by Gasteiger charge is -2.13. The predicted octanol–water partition coefficient (Wildman–Crippen LogP) is 0.790. The van der Waals surface area contributed by atoms with E-state index in [0.717, 1.165) is 12.2 Å². The van der Waals surface area contributed by atoms with Crippen molar-refractivity contribution in [1.29, 1.82) is 0 Å². The summed E-state index contributed by atoms with van der Waals surface area (Å²) >= 11 is 0. The topological polar surface area (TPSA) is 43.4 Å². The molecule has 4 nitrogen and oxygen atoms in total. The molecule has 0 spiro atoms. The number of hydrogen-bond acceptors (Lipinski definition) is 4. The lowest BCUT2D eigenvalue weighted by atomic mass is 10.3. The fraction of sp³-hybridized carbons (Fsp3) is 0.500. The van der Waals surface area contributed by atoms with Gasteiger partial charge in [0.25, 0.3) is 0 Å². The molecule has 1 heterocycles. The second-order valence-corrected chi connectivity index (χ2v) is 2.85. The molecule has 0 amide bonds. The van der Waals surface area contributed by atoms with Crippen LogP contribution < -0.4 is 5.32 Å². The van der Waals surface area contributed by atoms with Gasteiger partial charge in [-0.05, 0) is 12.1 Å². The third-order valence-electron chi connectivity index (χ3n) is 1.87. The molecular formula is C10H16N2O2. The number of hydrogen-bond donors (Lipinski definition) is 1. The van der Waals surface area contributed by atoms with Gasteiger partial charge in [0.15, 0.2) is 6.29 Å². The fourth-order valence-corrected chi connectivity index (χ4v) is 1.08. The molecule has 0 saturated heterocycles. The largest absolute Gasteiger partial charge is 0.355 e. The SMILES string of the molecule is COC(CNCc1ccccn1)OC. The molecular weight excluding hydrogens is 180 g/mol. The summed E-state index contributed by atoms with van der Waals surface area (Å²) in [6.45, 7) is 1.38. The van der Waals surface area contributed by atoms with Gasteiger partial charge in [-0.15, -0.1) is 0 Å². The van der Waals surface area contributed by atoms with E-state index in [1.54, 1.807) is 20.4 Å². The quantitative estimate of drug-likeness (QED) is 0.683. The zero-order chi connectivity index (χ0) is 10.2. The van der Waals surface area contributed by atoms with Crippen molar-refractivity contribution in [2.45, 2.75) is 12.8 Å². The number of pyridine rings is 1. The first-order valence-corrected chi connectivity index (χ1v) is 4.53. The van der Waals surface area contributed by atoms with E-state index in [9.17, 15) is 0 Å². The molecule has 4 heteroatoms. The van der Waals surface area contributed by atoms with Crippen LogP contribution in [0.2, 0.25) is 0 Å². The normalized spacial score (nSPS) is 10.8. The third-order valence-corrected chi connectivity index (χ3v) is 1.87. The average molecular weight is 196 g/mol. The van der Waals surface area contributed by atoms with Gasteiger partial charge in [0, 0.05) is 33.5 Å². The Morgan fingerprint density at radius 2 is 2.14 bits per heavy atom. The van der Waals surface area contributed by atoms with E-state index in [1.165, 1.54) is 0 Å². The van der Waals surface area contributed by atoms with Crippen LogP contribution in [-0.2, 0) is 16.0 Å².